The Balaban J connectivity index is 2.92. The van der Waals surface area contributed by atoms with Crippen molar-refractivity contribution in [3.8, 4) is 0 Å². The summed E-state index contributed by atoms with van der Waals surface area (Å²) in [6.07, 6.45) is 0. The molecular formula is C10H12FNO. The fourth-order valence-electron chi connectivity index (χ4n) is 1.21. The Morgan fingerprint density at radius 3 is 2.31 bits per heavy atom. The zero-order valence-electron chi connectivity index (χ0n) is 7.75. The van der Waals surface area contributed by atoms with Gasteiger partial charge in [-0.3, -0.25) is 4.79 Å². The molecule has 70 valence electrons. The lowest BCUT2D eigenvalue weighted by atomic mass is 10.3. The Labute approximate surface area is 77.0 Å². The van der Waals surface area contributed by atoms with Crippen LogP contribution in [0, 0.1) is 5.82 Å². The number of halogens is 1. The maximum absolute atomic E-state index is 12.6. The normalized spacial score (nSPS) is 9.77. The monoisotopic (exact) mass is 181 g/mol. The molecule has 0 atom stereocenters. The first-order valence-corrected chi connectivity index (χ1v) is 4.19. The van der Waals surface area contributed by atoms with Crippen molar-refractivity contribution in [3.05, 3.63) is 30.1 Å². The molecular weight excluding hydrogens is 169 g/mol. The highest BCUT2D eigenvalue weighted by atomic mass is 19.1. The summed E-state index contributed by atoms with van der Waals surface area (Å²) >= 11 is 0. The average Bonchev–Trinajstić information content (AvgIpc) is 2.09. The molecule has 13 heavy (non-hydrogen) atoms. The predicted molar refractivity (Wildman–Crippen MR) is 50.1 cm³/mol. The Morgan fingerprint density at radius 2 is 1.92 bits per heavy atom. The summed E-state index contributed by atoms with van der Waals surface area (Å²) in [4.78, 5) is 12.7. The molecule has 0 unspecified atom stereocenters. The molecule has 0 saturated carbocycles. The van der Waals surface area contributed by atoms with Crippen LogP contribution in [0.2, 0.25) is 0 Å². The molecule has 0 spiro atoms. The highest BCUT2D eigenvalue weighted by molar-refractivity contribution is 5.91. The second kappa shape index (κ2) is 4.03. The lowest BCUT2D eigenvalue weighted by Gasteiger charge is -2.18. The van der Waals surface area contributed by atoms with Gasteiger partial charge in [-0.1, -0.05) is 0 Å². The first-order chi connectivity index (χ1) is 6.15. The molecule has 0 saturated heterocycles. The number of amides is 1. The van der Waals surface area contributed by atoms with E-state index < -0.39 is 0 Å². The molecule has 1 aromatic rings. The number of nitrogens with zero attached hydrogens (tertiary/aromatic N) is 1. The van der Waals surface area contributed by atoms with E-state index in [1.165, 1.54) is 19.1 Å². The zero-order chi connectivity index (χ0) is 9.84. The van der Waals surface area contributed by atoms with E-state index in [4.69, 9.17) is 0 Å². The number of rotatable bonds is 2. The summed E-state index contributed by atoms with van der Waals surface area (Å²) in [5, 5.41) is 0. The molecule has 1 rings (SSSR count). The van der Waals surface area contributed by atoms with Crippen molar-refractivity contribution < 1.29 is 9.18 Å². The van der Waals surface area contributed by atoms with Crippen LogP contribution in [0.15, 0.2) is 24.3 Å². The van der Waals surface area contributed by atoms with Crippen molar-refractivity contribution in [2.24, 2.45) is 0 Å². The van der Waals surface area contributed by atoms with E-state index in [2.05, 4.69) is 0 Å². The Bertz CT molecular complexity index is 294. The summed E-state index contributed by atoms with van der Waals surface area (Å²) in [6.45, 7) is 3.97. The van der Waals surface area contributed by atoms with Crippen molar-refractivity contribution in [2.45, 2.75) is 13.8 Å². The van der Waals surface area contributed by atoms with Crippen LogP contribution in [0.4, 0.5) is 10.1 Å². The number of carbonyl (C=O) groups is 1. The van der Waals surface area contributed by atoms with Crippen molar-refractivity contribution >= 4 is 11.6 Å². The number of carbonyl (C=O) groups excluding carboxylic acids is 1. The van der Waals surface area contributed by atoms with Crippen LogP contribution in [-0.4, -0.2) is 12.5 Å². The van der Waals surface area contributed by atoms with E-state index in [1.807, 2.05) is 6.92 Å². The van der Waals surface area contributed by atoms with Crippen LogP contribution in [0.3, 0.4) is 0 Å². The van der Waals surface area contributed by atoms with Crippen LogP contribution >= 0.6 is 0 Å². The van der Waals surface area contributed by atoms with Crippen LogP contribution < -0.4 is 4.90 Å². The largest absolute Gasteiger partial charge is 0.313 e. The van der Waals surface area contributed by atoms with Crippen LogP contribution in [0.5, 0.6) is 0 Å². The molecule has 0 N–H and O–H groups in total. The van der Waals surface area contributed by atoms with Crippen molar-refractivity contribution in [1.29, 1.82) is 0 Å². The number of anilines is 1. The van der Waals surface area contributed by atoms with Crippen molar-refractivity contribution in [2.75, 3.05) is 11.4 Å². The minimum atomic E-state index is -0.289. The lowest BCUT2D eigenvalue weighted by molar-refractivity contribution is -0.116. The molecule has 0 aliphatic heterocycles. The van der Waals surface area contributed by atoms with Gasteiger partial charge in [-0.15, -0.1) is 0 Å². The van der Waals surface area contributed by atoms with Gasteiger partial charge in [0.1, 0.15) is 5.82 Å². The van der Waals surface area contributed by atoms with Gasteiger partial charge in [0.15, 0.2) is 0 Å². The summed E-state index contributed by atoms with van der Waals surface area (Å²) in [7, 11) is 0. The molecule has 0 aliphatic rings. The van der Waals surface area contributed by atoms with Gasteiger partial charge in [-0.05, 0) is 31.2 Å². The SMILES string of the molecule is CCN(C(C)=O)c1ccc(F)cc1. The highest BCUT2D eigenvalue weighted by Gasteiger charge is 2.07. The van der Waals surface area contributed by atoms with E-state index in [9.17, 15) is 9.18 Å². The van der Waals surface area contributed by atoms with Gasteiger partial charge in [0.2, 0.25) is 5.91 Å². The summed E-state index contributed by atoms with van der Waals surface area (Å²) in [5.74, 6) is -0.322. The predicted octanol–water partition coefficient (Wildman–Crippen LogP) is 2.20. The molecule has 0 bridgehead atoms. The van der Waals surface area contributed by atoms with Gasteiger partial charge in [-0.2, -0.15) is 0 Å². The topological polar surface area (TPSA) is 20.3 Å². The smallest absolute Gasteiger partial charge is 0.223 e. The molecule has 1 aromatic carbocycles. The van der Waals surface area contributed by atoms with Crippen LogP contribution in [0.1, 0.15) is 13.8 Å². The van der Waals surface area contributed by atoms with Gasteiger partial charge in [0.05, 0.1) is 0 Å². The maximum Gasteiger partial charge on any atom is 0.223 e. The Morgan fingerprint density at radius 1 is 1.38 bits per heavy atom. The number of hydrogen-bond donors (Lipinski definition) is 0. The number of benzene rings is 1. The molecule has 0 aliphatic carbocycles. The standard InChI is InChI=1S/C10H12FNO/c1-3-12(8(2)13)10-6-4-9(11)5-7-10/h4-7H,3H2,1-2H3. The van der Waals surface area contributed by atoms with Crippen molar-refractivity contribution in [1.82, 2.24) is 0 Å². The minimum Gasteiger partial charge on any atom is -0.313 e. The third-order valence-electron chi connectivity index (χ3n) is 1.83. The van der Waals surface area contributed by atoms with E-state index in [1.54, 1.807) is 17.0 Å². The fourth-order valence-corrected chi connectivity index (χ4v) is 1.21. The lowest BCUT2D eigenvalue weighted by Crippen LogP contribution is -2.27. The summed E-state index contributed by atoms with van der Waals surface area (Å²) < 4.78 is 12.6. The first-order valence-electron chi connectivity index (χ1n) is 4.19. The third kappa shape index (κ3) is 2.28. The summed E-state index contributed by atoms with van der Waals surface area (Å²) in [6, 6.07) is 5.89. The van der Waals surface area contributed by atoms with Crippen LogP contribution in [0.25, 0.3) is 0 Å². The maximum atomic E-state index is 12.6. The molecule has 0 aromatic heterocycles. The molecule has 0 radical (unpaired) electrons. The van der Waals surface area contributed by atoms with E-state index in [-0.39, 0.29) is 11.7 Å². The van der Waals surface area contributed by atoms with Gasteiger partial charge in [0.25, 0.3) is 0 Å². The van der Waals surface area contributed by atoms with E-state index in [0.717, 1.165) is 5.69 Å². The fraction of sp³-hybridized carbons (Fsp3) is 0.300. The molecule has 3 heteroatoms. The summed E-state index contributed by atoms with van der Waals surface area (Å²) in [5.41, 5.74) is 0.733. The molecule has 0 heterocycles. The second-order valence-corrected chi connectivity index (χ2v) is 2.74. The highest BCUT2D eigenvalue weighted by Crippen LogP contribution is 2.14. The molecule has 0 fully saturated rings. The average molecular weight is 181 g/mol. The number of hydrogen-bond acceptors (Lipinski definition) is 1. The van der Waals surface area contributed by atoms with Gasteiger partial charge < -0.3 is 4.90 Å². The van der Waals surface area contributed by atoms with Gasteiger partial charge in [-0.25, -0.2) is 4.39 Å². The third-order valence-corrected chi connectivity index (χ3v) is 1.83. The van der Waals surface area contributed by atoms with Crippen molar-refractivity contribution in [3.63, 3.8) is 0 Å². The van der Waals surface area contributed by atoms with E-state index >= 15 is 0 Å². The molecule has 1 amide bonds. The second-order valence-electron chi connectivity index (χ2n) is 2.74. The van der Waals surface area contributed by atoms with Gasteiger partial charge >= 0.3 is 0 Å². The Hall–Kier alpha value is -1.38. The van der Waals surface area contributed by atoms with E-state index in [0.29, 0.717) is 6.54 Å². The minimum absolute atomic E-state index is 0.0332. The molecule has 2 nitrogen and oxygen atoms in total. The first kappa shape index (κ1) is 9.71. The Kier molecular flexibility index (Phi) is 3.01. The quantitative estimate of drug-likeness (QED) is 0.685. The van der Waals surface area contributed by atoms with Crippen LogP contribution in [-0.2, 0) is 4.79 Å². The zero-order valence-corrected chi connectivity index (χ0v) is 7.75. The van der Waals surface area contributed by atoms with Gasteiger partial charge in [0, 0.05) is 19.2 Å².